The van der Waals surface area contributed by atoms with Crippen molar-refractivity contribution in [2.75, 3.05) is 0 Å². The van der Waals surface area contributed by atoms with Crippen LogP contribution in [0.1, 0.15) is 19.4 Å². The Labute approximate surface area is 146 Å². The molecule has 126 valence electrons. The van der Waals surface area contributed by atoms with E-state index in [1.165, 1.54) is 4.80 Å². The molecule has 0 aliphatic heterocycles. The van der Waals surface area contributed by atoms with Gasteiger partial charge in [-0.2, -0.15) is 0 Å². The van der Waals surface area contributed by atoms with Crippen LogP contribution in [0.4, 0.5) is 0 Å². The summed E-state index contributed by atoms with van der Waals surface area (Å²) < 4.78 is 12.4. The molecule has 3 aromatic rings. The molecule has 0 fully saturated rings. The van der Waals surface area contributed by atoms with E-state index in [0.717, 1.165) is 6.55 Å². The molecule has 1 aromatic heterocycles. The number of carbonyl (C=O) groups is 1. The van der Waals surface area contributed by atoms with Crippen molar-refractivity contribution >= 4 is 23.1 Å². The zero-order valence-electron chi connectivity index (χ0n) is 14.6. The lowest BCUT2D eigenvalue weighted by molar-refractivity contribution is -0.140. The summed E-state index contributed by atoms with van der Waals surface area (Å²) in [4.78, 5) is 13.0. The van der Waals surface area contributed by atoms with Crippen molar-refractivity contribution < 1.29 is 16.0 Å². The summed E-state index contributed by atoms with van der Waals surface area (Å²) in [5.41, 5.74) is 3.00. The average molecular weight is 336 g/mol. The molecule has 0 bridgehead atoms. The molecule has 0 saturated heterocycles. The number of aromatic nitrogens is 3. The molecule has 6 heteroatoms. The van der Waals surface area contributed by atoms with Crippen molar-refractivity contribution in [1.29, 1.82) is 0 Å². The van der Waals surface area contributed by atoms with Gasteiger partial charge >= 0.3 is 5.97 Å². The molecule has 0 amide bonds. The Morgan fingerprint density at radius 2 is 2.04 bits per heavy atom. The van der Waals surface area contributed by atoms with Crippen molar-refractivity contribution in [3.8, 4) is 11.4 Å². The Bertz CT molecular complexity index is 991. The molecular formula is C19H17N3O3. The molecule has 25 heavy (non-hydrogen) atoms. The first-order chi connectivity index (χ1) is 12.5. The smallest absolute Gasteiger partial charge is 0.333 e. The highest BCUT2D eigenvalue weighted by molar-refractivity contribution is 5.87. The first kappa shape index (κ1) is 15.1. The summed E-state index contributed by atoms with van der Waals surface area (Å²) >= 11 is 0. The van der Waals surface area contributed by atoms with Crippen LogP contribution in [0.3, 0.4) is 0 Å². The van der Waals surface area contributed by atoms with Crippen molar-refractivity contribution in [2.24, 2.45) is 0 Å². The van der Waals surface area contributed by atoms with Gasteiger partial charge in [-0.1, -0.05) is 31.3 Å². The summed E-state index contributed by atoms with van der Waals surface area (Å²) in [5.74, 6) is -0.641. The SMILES string of the molecule is [2H]C=Cc1cc(COC(=O)C(=C)C)c(O)c(-n2nc3ccccc3n2)c1. The Hall–Kier alpha value is -3.41. The van der Waals surface area contributed by atoms with Crippen LogP contribution >= 0.6 is 0 Å². The normalized spacial score (nSPS) is 11.6. The molecule has 0 aliphatic rings. The van der Waals surface area contributed by atoms with Crippen LogP contribution in [0.25, 0.3) is 22.8 Å². The highest BCUT2D eigenvalue weighted by Crippen LogP contribution is 2.29. The molecule has 0 spiro atoms. The highest BCUT2D eigenvalue weighted by atomic mass is 16.5. The van der Waals surface area contributed by atoms with Gasteiger partial charge < -0.3 is 9.84 Å². The van der Waals surface area contributed by atoms with Gasteiger partial charge in [0.1, 0.15) is 29.1 Å². The Morgan fingerprint density at radius 1 is 1.36 bits per heavy atom. The maximum Gasteiger partial charge on any atom is 0.333 e. The van der Waals surface area contributed by atoms with Crippen molar-refractivity contribution in [1.82, 2.24) is 15.0 Å². The summed E-state index contributed by atoms with van der Waals surface area (Å²) in [5, 5.41) is 19.4. The Balaban J connectivity index is 2.05. The van der Waals surface area contributed by atoms with Gasteiger partial charge in [-0.05, 0) is 36.8 Å². The number of phenolic OH excluding ortho intramolecular Hbond substituents is 1. The summed E-state index contributed by atoms with van der Waals surface area (Å²) in [6, 6.07) is 10.6. The van der Waals surface area contributed by atoms with Crippen LogP contribution in [0, 0.1) is 0 Å². The molecule has 3 rings (SSSR count). The van der Waals surface area contributed by atoms with E-state index in [4.69, 9.17) is 6.11 Å². The van der Waals surface area contributed by atoms with Gasteiger partial charge in [0, 0.05) is 11.1 Å². The predicted molar refractivity (Wildman–Crippen MR) is 95.2 cm³/mol. The fraction of sp³-hybridized carbons (Fsp3) is 0.105. The molecule has 0 saturated carbocycles. The minimum atomic E-state index is -0.546. The second-order valence-corrected chi connectivity index (χ2v) is 5.55. The van der Waals surface area contributed by atoms with E-state index >= 15 is 0 Å². The number of rotatable bonds is 5. The van der Waals surface area contributed by atoms with E-state index in [-0.39, 0.29) is 17.9 Å². The molecule has 0 aliphatic carbocycles. The fourth-order valence-electron chi connectivity index (χ4n) is 2.29. The molecule has 2 aromatic carbocycles. The number of phenols is 1. The van der Waals surface area contributed by atoms with E-state index in [0.29, 0.717) is 27.8 Å². The van der Waals surface area contributed by atoms with Crippen molar-refractivity contribution in [3.63, 3.8) is 0 Å². The molecule has 1 heterocycles. The second-order valence-electron chi connectivity index (χ2n) is 5.55. The molecule has 0 radical (unpaired) electrons. The van der Waals surface area contributed by atoms with Crippen molar-refractivity contribution in [2.45, 2.75) is 13.5 Å². The number of ether oxygens (including phenoxy) is 1. The lowest BCUT2D eigenvalue weighted by atomic mass is 10.1. The molecule has 6 nitrogen and oxygen atoms in total. The number of hydrogen-bond acceptors (Lipinski definition) is 5. The molecule has 0 unspecified atom stereocenters. The van der Waals surface area contributed by atoms with E-state index in [2.05, 4.69) is 16.8 Å². The van der Waals surface area contributed by atoms with E-state index in [9.17, 15) is 9.90 Å². The molecule has 0 atom stereocenters. The fourth-order valence-corrected chi connectivity index (χ4v) is 2.29. The monoisotopic (exact) mass is 336 g/mol. The summed E-state index contributed by atoms with van der Waals surface area (Å²) in [6.07, 6.45) is 1.55. The number of benzene rings is 2. The van der Waals surface area contributed by atoms with Gasteiger partial charge in [0.2, 0.25) is 0 Å². The predicted octanol–water partition coefficient (Wildman–Crippen LogP) is 3.39. The number of hydrogen-bond donors (Lipinski definition) is 1. The maximum atomic E-state index is 11.6. The average Bonchev–Trinajstić information content (AvgIpc) is 3.05. The summed E-state index contributed by atoms with van der Waals surface area (Å²) in [7, 11) is 0. The van der Waals surface area contributed by atoms with Gasteiger partial charge in [0.05, 0.1) is 1.37 Å². The van der Waals surface area contributed by atoms with Gasteiger partial charge in [0.15, 0.2) is 0 Å². The lowest BCUT2D eigenvalue weighted by Crippen LogP contribution is -2.07. The molecule has 1 N–H and O–H groups in total. The number of aromatic hydroxyl groups is 1. The third-order valence-electron chi connectivity index (χ3n) is 3.59. The van der Waals surface area contributed by atoms with Crippen LogP contribution < -0.4 is 0 Å². The van der Waals surface area contributed by atoms with Gasteiger partial charge in [0.25, 0.3) is 0 Å². The van der Waals surface area contributed by atoms with E-state index < -0.39 is 5.97 Å². The highest BCUT2D eigenvalue weighted by Gasteiger charge is 2.15. The summed E-state index contributed by atoms with van der Waals surface area (Å²) in [6.45, 7) is 6.07. The molecular weight excluding hydrogens is 318 g/mol. The zero-order chi connectivity index (χ0) is 18.7. The van der Waals surface area contributed by atoms with Crippen molar-refractivity contribution in [3.05, 3.63) is 66.2 Å². The van der Waals surface area contributed by atoms with E-state index in [1.807, 2.05) is 24.3 Å². The minimum absolute atomic E-state index is 0.0954. The number of fused-ring (bicyclic) bond motifs is 1. The van der Waals surface area contributed by atoms with Crippen LogP contribution in [0.2, 0.25) is 0 Å². The number of nitrogens with zero attached hydrogens (tertiary/aromatic N) is 3. The zero-order valence-corrected chi connectivity index (χ0v) is 13.6. The second kappa shape index (κ2) is 6.60. The van der Waals surface area contributed by atoms with Gasteiger partial charge in [-0.3, -0.25) is 0 Å². The first-order valence-electron chi connectivity index (χ1n) is 8.13. The number of carbonyl (C=O) groups excluding carboxylic acids is 1. The topological polar surface area (TPSA) is 77.2 Å². The largest absolute Gasteiger partial charge is 0.505 e. The Kier molecular flexibility index (Phi) is 4.00. The van der Waals surface area contributed by atoms with Crippen LogP contribution in [-0.2, 0) is 16.1 Å². The first-order valence-corrected chi connectivity index (χ1v) is 7.55. The third kappa shape index (κ3) is 3.28. The Morgan fingerprint density at radius 3 is 2.64 bits per heavy atom. The van der Waals surface area contributed by atoms with Gasteiger partial charge in [-0.15, -0.1) is 15.0 Å². The lowest BCUT2D eigenvalue weighted by Gasteiger charge is -2.11. The minimum Gasteiger partial charge on any atom is -0.505 e. The van der Waals surface area contributed by atoms with Crippen LogP contribution in [0.5, 0.6) is 5.75 Å². The number of esters is 1. The standard InChI is InChI=1S/C19H17N3O3/c1-4-13-9-14(11-25-19(24)12(2)3)18(23)17(10-13)22-20-15-7-5-6-8-16(15)21-22/h4-10,23H,1-2,11H2,3H3/i1D. The quantitative estimate of drug-likeness (QED) is 0.571. The van der Waals surface area contributed by atoms with E-state index in [1.54, 1.807) is 25.1 Å². The third-order valence-corrected chi connectivity index (χ3v) is 3.59. The van der Waals surface area contributed by atoms with Crippen LogP contribution in [-0.4, -0.2) is 26.1 Å². The van der Waals surface area contributed by atoms with Crippen LogP contribution in [0.15, 0.2) is 55.1 Å². The van der Waals surface area contributed by atoms with Gasteiger partial charge in [-0.25, -0.2) is 4.79 Å². The maximum absolute atomic E-state index is 11.6.